The van der Waals surface area contributed by atoms with Gasteiger partial charge in [-0.15, -0.1) is 11.6 Å². The van der Waals surface area contributed by atoms with E-state index in [1.807, 2.05) is 12.1 Å². The molecule has 0 aliphatic heterocycles. The number of methoxy groups -OCH3 is 1. The van der Waals surface area contributed by atoms with Crippen molar-refractivity contribution in [3.63, 3.8) is 0 Å². The summed E-state index contributed by atoms with van der Waals surface area (Å²) in [5.74, 6) is 2.03. The molecule has 0 spiro atoms. The van der Waals surface area contributed by atoms with E-state index in [1.165, 1.54) is 24.5 Å². The number of halogens is 2. The molecule has 0 unspecified atom stereocenters. The van der Waals surface area contributed by atoms with Crippen molar-refractivity contribution in [3.05, 3.63) is 53.3 Å². The normalized spacial score (nSPS) is 20.7. The Balaban J connectivity index is 2.15. The lowest BCUT2D eigenvalue weighted by molar-refractivity contribution is 0.414. The smallest absolute Gasteiger partial charge is 0.131 e. The van der Waals surface area contributed by atoms with Crippen molar-refractivity contribution in [2.75, 3.05) is 7.11 Å². The van der Waals surface area contributed by atoms with Gasteiger partial charge < -0.3 is 4.74 Å². The second-order valence-corrected chi connectivity index (χ2v) is 6.68. The molecule has 2 aromatic rings. The molecule has 0 radical (unpaired) electrons. The van der Waals surface area contributed by atoms with Crippen molar-refractivity contribution in [1.29, 1.82) is 0 Å². The Morgan fingerprint density at radius 1 is 1.13 bits per heavy atom. The van der Waals surface area contributed by atoms with Gasteiger partial charge in [0.25, 0.3) is 0 Å². The molecule has 1 nitrogen and oxygen atoms in total. The van der Waals surface area contributed by atoms with Crippen LogP contribution in [0.5, 0.6) is 5.75 Å². The van der Waals surface area contributed by atoms with Crippen LogP contribution < -0.4 is 4.74 Å². The largest absolute Gasteiger partial charge is 0.497 e. The predicted molar refractivity (Wildman–Crippen MR) is 93.7 cm³/mol. The van der Waals surface area contributed by atoms with Gasteiger partial charge in [0.15, 0.2) is 0 Å². The minimum Gasteiger partial charge on any atom is -0.497 e. The van der Waals surface area contributed by atoms with E-state index in [-0.39, 0.29) is 5.82 Å². The molecule has 0 aromatic heterocycles. The summed E-state index contributed by atoms with van der Waals surface area (Å²) in [6.07, 6.45) is 3.62. The quantitative estimate of drug-likeness (QED) is 0.611. The van der Waals surface area contributed by atoms with Crippen molar-refractivity contribution < 1.29 is 9.13 Å². The van der Waals surface area contributed by atoms with E-state index in [0.717, 1.165) is 17.5 Å². The third-order valence-corrected chi connectivity index (χ3v) is 5.30. The van der Waals surface area contributed by atoms with Crippen LogP contribution in [0.25, 0.3) is 11.1 Å². The molecule has 0 heterocycles. The SMILES string of the molecule is COc1ccc(F)c(-c2ccc(CCl)cc2[C@H]2CCC[C@@H]2C)c1. The van der Waals surface area contributed by atoms with Crippen molar-refractivity contribution in [3.8, 4) is 16.9 Å². The molecule has 2 atom stereocenters. The first-order valence-corrected chi connectivity index (χ1v) is 8.70. The third kappa shape index (κ3) is 3.23. The van der Waals surface area contributed by atoms with E-state index in [1.54, 1.807) is 19.2 Å². The highest BCUT2D eigenvalue weighted by molar-refractivity contribution is 6.17. The van der Waals surface area contributed by atoms with Gasteiger partial charge >= 0.3 is 0 Å². The zero-order chi connectivity index (χ0) is 16.4. The molecule has 0 bridgehead atoms. The number of benzene rings is 2. The highest BCUT2D eigenvalue weighted by Crippen LogP contribution is 2.44. The first-order chi connectivity index (χ1) is 11.1. The Morgan fingerprint density at radius 2 is 1.96 bits per heavy atom. The first-order valence-electron chi connectivity index (χ1n) is 8.16. The van der Waals surface area contributed by atoms with E-state index in [0.29, 0.717) is 29.0 Å². The van der Waals surface area contributed by atoms with Gasteiger partial charge in [0.2, 0.25) is 0 Å². The second-order valence-electron chi connectivity index (χ2n) is 6.42. The molecule has 0 saturated heterocycles. The molecule has 23 heavy (non-hydrogen) atoms. The van der Waals surface area contributed by atoms with E-state index < -0.39 is 0 Å². The molecule has 1 aliphatic rings. The maximum atomic E-state index is 14.5. The van der Waals surface area contributed by atoms with Gasteiger partial charge in [-0.2, -0.15) is 0 Å². The summed E-state index contributed by atoms with van der Waals surface area (Å²) >= 11 is 6.03. The van der Waals surface area contributed by atoms with Gasteiger partial charge in [-0.05, 0) is 53.1 Å². The molecule has 3 rings (SSSR count). The summed E-state index contributed by atoms with van der Waals surface area (Å²) in [6.45, 7) is 2.29. The summed E-state index contributed by atoms with van der Waals surface area (Å²) in [4.78, 5) is 0. The number of hydrogen-bond donors (Lipinski definition) is 0. The van der Waals surface area contributed by atoms with Crippen LogP contribution in [0.3, 0.4) is 0 Å². The zero-order valence-electron chi connectivity index (χ0n) is 13.6. The monoisotopic (exact) mass is 332 g/mol. The van der Waals surface area contributed by atoms with Gasteiger partial charge in [0.1, 0.15) is 11.6 Å². The minimum absolute atomic E-state index is 0.212. The molecule has 0 amide bonds. The number of rotatable bonds is 4. The summed E-state index contributed by atoms with van der Waals surface area (Å²) in [7, 11) is 1.60. The van der Waals surface area contributed by atoms with Gasteiger partial charge in [0, 0.05) is 11.4 Å². The van der Waals surface area contributed by atoms with E-state index in [4.69, 9.17) is 16.3 Å². The first kappa shape index (κ1) is 16.3. The number of alkyl halides is 1. The lowest BCUT2D eigenvalue weighted by atomic mass is 9.84. The number of hydrogen-bond acceptors (Lipinski definition) is 1. The van der Waals surface area contributed by atoms with E-state index >= 15 is 0 Å². The summed E-state index contributed by atoms with van der Waals surface area (Å²) in [5, 5.41) is 0. The molecule has 122 valence electrons. The molecular formula is C20H22ClFO. The number of ether oxygens (including phenoxy) is 1. The Labute approximate surface area is 142 Å². The van der Waals surface area contributed by atoms with E-state index in [9.17, 15) is 4.39 Å². The molecule has 1 aliphatic carbocycles. The average molecular weight is 333 g/mol. The average Bonchev–Trinajstić information content (AvgIpc) is 3.01. The summed E-state index contributed by atoms with van der Waals surface area (Å²) < 4.78 is 19.7. The van der Waals surface area contributed by atoms with Gasteiger partial charge in [-0.1, -0.05) is 38.0 Å². The highest BCUT2D eigenvalue weighted by atomic mass is 35.5. The Kier molecular flexibility index (Phi) is 4.91. The topological polar surface area (TPSA) is 9.23 Å². The van der Waals surface area contributed by atoms with Crippen LogP contribution in [0.1, 0.15) is 43.2 Å². The lowest BCUT2D eigenvalue weighted by Gasteiger charge is -2.21. The fraction of sp³-hybridized carbons (Fsp3) is 0.400. The van der Waals surface area contributed by atoms with Crippen molar-refractivity contribution >= 4 is 11.6 Å². The highest BCUT2D eigenvalue weighted by Gasteiger charge is 2.28. The maximum Gasteiger partial charge on any atom is 0.131 e. The van der Waals surface area contributed by atoms with Crippen LogP contribution in [0, 0.1) is 11.7 Å². The van der Waals surface area contributed by atoms with Crippen molar-refractivity contribution in [2.24, 2.45) is 5.92 Å². The van der Waals surface area contributed by atoms with Crippen LogP contribution >= 0.6 is 11.6 Å². The predicted octanol–water partition coefficient (Wildman–Crippen LogP) is 6.14. The lowest BCUT2D eigenvalue weighted by Crippen LogP contribution is -2.05. The Bertz CT molecular complexity index is 698. The van der Waals surface area contributed by atoms with Crippen molar-refractivity contribution in [1.82, 2.24) is 0 Å². The van der Waals surface area contributed by atoms with Crippen LogP contribution in [0.2, 0.25) is 0 Å². The standard InChI is InChI=1S/C20H22ClFO/c1-13-4-3-5-16(13)18-10-14(12-21)6-8-17(18)19-11-15(23-2)7-9-20(19)22/h6-11,13,16H,3-5,12H2,1-2H3/t13-,16-/m0/s1. The van der Waals surface area contributed by atoms with Crippen molar-refractivity contribution in [2.45, 2.75) is 38.0 Å². The fourth-order valence-corrected chi connectivity index (χ4v) is 3.86. The summed E-state index contributed by atoms with van der Waals surface area (Å²) in [6, 6.07) is 11.1. The maximum absolute atomic E-state index is 14.5. The fourth-order valence-electron chi connectivity index (χ4n) is 3.69. The molecule has 3 heteroatoms. The van der Waals surface area contributed by atoms with Gasteiger partial charge in [0.05, 0.1) is 7.11 Å². The van der Waals surface area contributed by atoms with Crippen LogP contribution in [0.15, 0.2) is 36.4 Å². The molecule has 0 N–H and O–H groups in total. The van der Waals surface area contributed by atoms with Gasteiger partial charge in [-0.25, -0.2) is 4.39 Å². The zero-order valence-corrected chi connectivity index (χ0v) is 14.4. The second kappa shape index (κ2) is 6.92. The van der Waals surface area contributed by atoms with Crippen LogP contribution in [0.4, 0.5) is 4.39 Å². The van der Waals surface area contributed by atoms with Gasteiger partial charge in [-0.3, -0.25) is 0 Å². The summed E-state index contributed by atoms with van der Waals surface area (Å²) in [5.41, 5.74) is 3.89. The minimum atomic E-state index is -0.212. The molecule has 1 fully saturated rings. The molecular weight excluding hydrogens is 311 g/mol. The van der Waals surface area contributed by atoms with Crippen LogP contribution in [-0.4, -0.2) is 7.11 Å². The van der Waals surface area contributed by atoms with E-state index in [2.05, 4.69) is 13.0 Å². The molecule has 1 saturated carbocycles. The Morgan fingerprint density at radius 3 is 2.61 bits per heavy atom. The van der Waals surface area contributed by atoms with Crippen LogP contribution in [-0.2, 0) is 5.88 Å². The Hall–Kier alpha value is -1.54. The molecule has 2 aromatic carbocycles. The third-order valence-electron chi connectivity index (χ3n) is 4.99.